The van der Waals surface area contributed by atoms with Crippen molar-refractivity contribution in [3.05, 3.63) is 47.5 Å². The van der Waals surface area contributed by atoms with E-state index in [1.807, 2.05) is 13.0 Å². The van der Waals surface area contributed by atoms with E-state index in [4.69, 9.17) is 4.98 Å². The Morgan fingerprint density at radius 2 is 2.12 bits per heavy atom. The predicted molar refractivity (Wildman–Crippen MR) is 92.7 cm³/mol. The van der Waals surface area contributed by atoms with E-state index < -0.39 is 0 Å². The molecule has 2 aromatic rings. The van der Waals surface area contributed by atoms with Gasteiger partial charge in [-0.2, -0.15) is 0 Å². The highest BCUT2D eigenvalue weighted by Crippen LogP contribution is 2.33. The van der Waals surface area contributed by atoms with Crippen LogP contribution in [-0.4, -0.2) is 34.5 Å². The summed E-state index contributed by atoms with van der Waals surface area (Å²) in [4.78, 5) is 27.2. The summed E-state index contributed by atoms with van der Waals surface area (Å²) in [5.41, 5.74) is 3.19. The van der Waals surface area contributed by atoms with Gasteiger partial charge in [-0.3, -0.25) is 9.78 Å². The van der Waals surface area contributed by atoms with Crippen LogP contribution < -0.4 is 10.2 Å². The van der Waals surface area contributed by atoms with Crippen LogP contribution in [0.25, 0.3) is 0 Å². The molecule has 3 heterocycles. The predicted octanol–water partition coefficient (Wildman–Crippen LogP) is 2.20. The van der Waals surface area contributed by atoms with Crippen LogP contribution in [0.2, 0.25) is 0 Å². The highest BCUT2D eigenvalue weighted by molar-refractivity contribution is 5.75. The number of aromatic nitrogens is 3. The number of hydrogen-bond acceptors (Lipinski definition) is 5. The van der Waals surface area contributed by atoms with Gasteiger partial charge in [0.15, 0.2) is 0 Å². The summed E-state index contributed by atoms with van der Waals surface area (Å²) >= 11 is 0. The zero-order chi connectivity index (χ0) is 16.9. The summed E-state index contributed by atoms with van der Waals surface area (Å²) in [5.74, 6) is 0.821. The molecule has 1 aliphatic heterocycles. The number of anilines is 1. The van der Waals surface area contributed by atoms with E-state index in [-0.39, 0.29) is 11.9 Å². The molecule has 0 bridgehead atoms. The molecule has 126 valence electrons. The topological polar surface area (TPSA) is 71.0 Å². The first-order chi connectivity index (χ1) is 11.7. The number of hydrogen-bond donors (Lipinski definition) is 1. The van der Waals surface area contributed by atoms with Crippen molar-refractivity contribution in [1.29, 1.82) is 0 Å². The number of nitrogens with zero attached hydrogens (tertiary/aromatic N) is 4. The third kappa shape index (κ3) is 3.69. The monoisotopic (exact) mass is 325 g/mol. The average molecular weight is 325 g/mol. The number of carbonyl (C=O) groups excluding carboxylic acids is 1. The molecule has 0 aromatic carbocycles. The Bertz CT molecular complexity index is 704. The Hall–Kier alpha value is -2.50. The minimum absolute atomic E-state index is 0.0613. The third-order valence-corrected chi connectivity index (χ3v) is 4.36. The smallest absolute Gasteiger partial charge is 0.225 e. The second kappa shape index (κ2) is 7.38. The SMILES string of the molecule is CNC(=O)CCc1cc(C)nc([C@H]2CCCN2c2ncccn2)c1. The van der Waals surface area contributed by atoms with Crippen molar-refractivity contribution < 1.29 is 4.79 Å². The van der Waals surface area contributed by atoms with Crippen LogP contribution in [0.15, 0.2) is 30.6 Å². The maximum absolute atomic E-state index is 11.5. The first kappa shape index (κ1) is 16.4. The molecule has 1 N–H and O–H groups in total. The molecule has 1 fully saturated rings. The Morgan fingerprint density at radius 3 is 2.88 bits per heavy atom. The van der Waals surface area contributed by atoms with Crippen molar-refractivity contribution in [2.75, 3.05) is 18.5 Å². The van der Waals surface area contributed by atoms with Gasteiger partial charge in [0, 0.05) is 38.1 Å². The van der Waals surface area contributed by atoms with Gasteiger partial charge in [-0.15, -0.1) is 0 Å². The van der Waals surface area contributed by atoms with Gasteiger partial charge < -0.3 is 10.2 Å². The second-order valence-corrected chi connectivity index (χ2v) is 6.12. The van der Waals surface area contributed by atoms with Gasteiger partial charge in [-0.1, -0.05) is 0 Å². The number of pyridine rings is 1. The minimum Gasteiger partial charge on any atom is -0.359 e. The Kier molecular flexibility index (Phi) is 5.03. The highest BCUT2D eigenvalue weighted by Gasteiger charge is 2.29. The molecular weight excluding hydrogens is 302 g/mol. The molecule has 0 spiro atoms. The van der Waals surface area contributed by atoms with Crippen molar-refractivity contribution in [1.82, 2.24) is 20.3 Å². The fourth-order valence-electron chi connectivity index (χ4n) is 3.22. The second-order valence-electron chi connectivity index (χ2n) is 6.12. The molecule has 1 amide bonds. The van der Waals surface area contributed by atoms with Gasteiger partial charge in [-0.25, -0.2) is 9.97 Å². The third-order valence-electron chi connectivity index (χ3n) is 4.36. The van der Waals surface area contributed by atoms with E-state index in [0.717, 1.165) is 48.7 Å². The Labute approximate surface area is 142 Å². The normalized spacial score (nSPS) is 17.1. The van der Waals surface area contributed by atoms with Crippen molar-refractivity contribution in [3.8, 4) is 0 Å². The van der Waals surface area contributed by atoms with Crippen LogP contribution in [-0.2, 0) is 11.2 Å². The summed E-state index contributed by atoms with van der Waals surface area (Å²) in [6.07, 6.45) is 6.92. The summed E-state index contributed by atoms with van der Waals surface area (Å²) in [6, 6.07) is 6.22. The Morgan fingerprint density at radius 1 is 1.33 bits per heavy atom. The number of carbonyl (C=O) groups is 1. The lowest BCUT2D eigenvalue weighted by atomic mass is 10.0. The maximum Gasteiger partial charge on any atom is 0.225 e. The van der Waals surface area contributed by atoms with Crippen LogP contribution in [0, 0.1) is 6.92 Å². The van der Waals surface area contributed by atoms with E-state index in [0.29, 0.717) is 6.42 Å². The van der Waals surface area contributed by atoms with Crippen LogP contribution in [0.1, 0.15) is 42.3 Å². The molecule has 1 atom stereocenters. The van der Waals surface area contributed by atoms with Crippen LogP contribution in [0.3, 0.4) is 0 Å². The van der Waals surface area contributed by atoms with Crippen LogP contribution in [0.5, 0.6) is 0 Å². The first-order valence-electron chi connectivity index (χ1n) is 8.39. The lowest BCUT2D eigenvalue weighted by molar-refractivity contribution is -0.120. The highest BCUT2D eigenvalue weighted by atomic mass is 16.1. The summed E-state index contributed by atoms with van der Waals surface area (Å²) in [5, 5.41) is 2.67. The molecule has 1 aliphatic rings. The lowest BCUT2D eigenvalue weighted by Crippen LogP contribution is -2.25. The van der Waals surface area contributed by atoms with E-state index >= 15 is 0 Å². The molecule has 6 nitrogen and oxygen atoms in total. The average Bonchev–Trinajstić information content (AvgIpc) is 3.09. The lowest BCUT2D eigenvalue weighted by Gasteiger charge is -2.24. The van der Waals surface area contributed by atoms with Crippen molar-refractivity contribution >= 4 is 11.9 Å². The maximum atomic E-state index is 11.5. The summed E-state index contributed by atoms with van der Waals surface area (Å²) in [7, 11) is 1.67. The fourth-order valence-corrected chi connectivity index (χ4v) is 3.22. The van der Waals surface area contributed by atoms with E-state index in [1.165, 1.54) is 0 Å². The fraction of sp³-hybridized carbons (Fsp3) is 0.444. The van der Waals surface area contributed by atoms with Crippen LogP contribution in [0.4, 0.5) is 5.95 Å². The first-order valence-corrected chi connectivity index (χ1v) is 8.39. The van der Waals surface area contributed by atoms with Gasteiger partial charge >= 0.3 is 0 Å². The van der Waals surface area contributed by atoms with E-state index in [9.17, 15) is 4.79 Å². The van der Waals surface area contributed by atoms with Crippen molar-refractivity contribution in [3.63, 3.8) is 0 Å². The zero-order valence-corrected chi connectivity index (χ0v) is 14.2. The van der Waals surface area contributed by atoms with Gasteiger partial charge in [0.1, 0.15) is 0 Å². The molecule has 6 heteroatoms. The molecule has 0 unspecified atom stereocenters. The van der Waals surface area contributed by atoms with E-state index in [2.05, 4.69) is 32.3 Å². The largest absolute Gasteiger partial charge is 0.359 e. The standard InChI is InChI=1S/C18H23N5O/c1-13-11-14(6-7-17(24)19-2)12-15(22-13)16-5-3-10-23(16)18-20-8-4-9-21-18/h4,8-9,11-12,16H,3,5-7,10H2,1-2H3,(H,19,24)/t16-/m1/s1. The zero-order valence-electron chi connectivity index (χ0n) is 14.2. The van der Waals surface area contributed by atoms with E-state index in [1.54, 1.807) is 19.4 Å². The molecule has 0 saturated carbocycles. The van der Waals surface area contributed by atoms with Crippen molar-refractivity contribution in [2.45, 2.75) is 38.6 Å². The van der Waals surface area contributed by atoms with Crippen molar-refractivity contribution in [2.24, 2.45) is 0 Å². The molecule has 1 saturated heterocycles. The molecular formula is C18H23N5O. The number of aryl methyl sites for hydroxylation is 2. The Balaban J connectivity index is 1.82. The molecule has 0 aliphatic carbocycles. The number of nitrogens with one attached hydrogen (secondary N) is 1. The molecule has 0 radical (unpaired) electrons. The summed E-state index contributed by atoms with van der Waals surface area (Å²) < 4.78 is 0. The molecule has 3 rings (SSSR count). The number of rotatable bonds is 5. The van der Waals surface area contributed by atoms with Gasteiger partial charge in [0.2, 0.25) is 11.9 Å². The van der Waals surface area contributed by atoms with Gasteiger partial charge in [-0.05, 0) is 49.9 Å². The van der Waals surface area contributed by atoms with Crippen LogP contribution >= 0.6 is 0 Å². The quantitative estimate of drug-likeness (QED) is 0.912. The molecule has 24 heavy (non-hydrogen) atoms. The van der Waals surface area contributed by atoms with Gasteiger partial charge in [0.05, 0.1) is 11.7 Å². The number of amides is 1. The molecule has 2 aromatic heterocycles. The minimum atomic E-state index is 0.0613. The van der Waals surface area contributed by atoms with Gasteiger partial charge in [0.25, 0.3) is 0 Å². The summed E-state index contributed by atoms with van der Waals surface area (Å²) in [6.45, 7) is 2.95.